The fraction of sp³-hybridized carbons (Fsp3) is 0.600. The SMILES string of the molecule is CCC1CCCCN1C(=O)C1CC1C(=O)NCCc1ccc(Cl)cc1Cl. The zero-order chi connectivity index (χ0) is 18.7. The smallest absolute Gasteiger partial charge is 0.226 e. The van der Waals surface area contributed by atoms with Crippen LogP contribution in [0.4, 0.5) is 0 Å². The van der Waals surface area contributed by atoms with E-state index in [1.165, 1.54) is 6.42 Å². The van der Waals surface area contributed by atoms with Crippen LogP contribution in [0.3, 0.4) is 0 Å². The molecule has 0 spiro atoms. The summed E-state index contributed by atoms with van der Waals surface area (Å²) in [5, 5.41) is 4.16. The number of benzene rings is 1. The number of piperidine rings is 1. The molecule has 3 atom stereocenters. The van der Waals surface area contributed by atoms with Crippen molar-refractivity contribution < 1.29 is 9.59 Å². The molecular weight excluding hydrogens is 371 g/mol. The molecule has 0 aromatic heterocycles. The van der Waals surface area contributed by atoms with Crippen molar-refractivity contribution in [2.75, 3.05) is 13.1 Å². The molecule has 26 heavy (non-hydrogen) atoms. The zero-order valence-corrected chi connectivity index (χ0v) is 16.7. The van der Waals surface area contributed by atoms with E-state index in [1.807, 2.05) is 11.0 Å². The highest BCUT2D eigenvalue weighted by Gasteiger charge is 2.50. The van der Waals surface area contributed by atoms with Crippen molar-refractivity contribution in [2.24, 2.45) is 11.8 Å². The average Bonchev–Trinajstić information content (AvgIpc) is 3.43. The molecule has 1 aliphatic carbocycles. The van der Waals surface area contributed by atoms with Crippen LogP contribution in [0.2, 0.25) is 10.0 Å². The molecule has 1 aromatic rings. The van der Waals surface area contributed by atoms with Gasteiger partial charge in [-0.1, -0.05) is 36.2 Å². The van der Waals surface area contributed by atoms with Gasteiger partial charge in [-0.3, -0.25) is 9.59 Å². The molecule has 2 fully saturated rings. The Hall–Kier alpha value is -1.26. The van der Waals surface area contributed by atoms with E-state index in [0.29, 0.717) is 35.5 Å². The Balaban J connectivity index is 1.46. The minimum absolute atomic E-state index is 0.0153. The van der Waals surface area contributed by atoms with Crippen LogP contribution in [-0.4, -0.2) is 35.8 Å². The second-order valence-corrected chi connectivity index (χ2v) is 8.16. The lowest BCUT2D eigenvalue weighted by Gasteiger charge is -2.35. The lowest BCUT2D eigenvalue weighted by Crippen LogP contribution is -2.44. The standard InChI is InChI=1S/C20H26Cl2N2O2/c1-2-15-5-3-4-10-24(15)20(26)17-12-16(17)19(25)23-9-8-13-6-7-14(21)11-18(13)22/h6-7,11,15-17H,2-5,8-10,12H2,1H3,(H,23,25). The third kappa shape index (κ3) is 4.52. The molecule has 2 aliphatic rings. The van der Waals surface area contributed by atoms with E-state index in [2.05, 4.69) is 12.2 Å². The number of likely N-dealkylation sites (tertiary alicyclic amines) is 1. The highest BCUT2D eigenvalue weighted by atomic mass is 35.5. The normalized spacial score (nSPS) is 25.0. The van der Waals surface area contributed by atoms with Gasteiger partial charge in [0.05, 0.1) is 11.8 Å². The van der Waals surface area contributed by atoms with Gasteiger partial charge in [-0.2, -0.15) is 0 Å². The predicted molar refractivity (Wildman–Crippen MR) is 104 cm³/mol. The second-order valence-electron chi connectivity index (χ2n) is 7.31. The molecule has 3 unspecified atom stereocenters. The predicted octanol–water partition coefficient (Wildman–Crippen LogP) is 4.08. The topological polar surface area (TPSA) is 49.4 Å². The maximum atomic E-state index is 12.7. The number of nitrogens with zero attached hydrogens (tertiary/aromatic N) is 1. The van der Waals surface area contributed by atoms with E-state index >= 15 is 0 Å². The average molecular weight is 397 g/mol. The van der Waals surface area contributed by atoms with Crippen molar-refractivity contribution >= 4 is 35.0 Å². The lowest BCUT2D eigenvalue weighted by atomic mass is 9.99. The fourth-order valence-electron chi connectivity index (χ4n) is 3.86. The van der Waals surface area contributed by atoms with Gasteiger partial charge < -0.3 is 10.2 Å². The summed E-state index contributed by atoms with van der Waals surface area (Å²) in [6, 6.07) is 5.73. The van der Waals surface area contributed by atoms with Crippen molar-refractivity contribution in [3.05, 3.63) is 33.8 Å². The molecule has 2 amide bonds. The second kappa shape index (κ2) is 8.62. The van der Waals surface area contributed by atoms with Gasteiger partial charge in [0, 0.05) is 29.2 Å². The van der Waals surface area contributed by atoms with Crippen LogP contribution in [-0.2, 0) is 16.0 Å². The Kier molecular flexibility index (Phi) is 6.46. The minimum Gasteiger partial charge on any atom is -0.356 e. The lowest BCUT2D eigenvalue weighted by molar-refractivity contribution is -0.138. The Morgan fingerprint density at radius 1 is 1.23 bits per heavy atom. The van der Waals surface area contributed by atoms with E-state index < -0.39 is 0 Å². The number of hydrogen-bond donors (Lipinski definition) is 1. The van der Waals surface area contributed by atoms with E-state index in [0.717, 1.165) is 31.4 Å². The third-order valence-electron chi connectivity index (χ3n) is 5.53. The van der Waals surface area contributed by atoms with Gasteiger partial charge in [0.2, 0.25) is 11.8 Å². The molecule has 1 N–H and O–H groups in total. The number of carbonyl (C=O) groups excluding carboxylic acids is 2. The molecule has 1 saturated heterocycles. The first-order valence-electron chi connectivity index (χ1n) is 9.53. The maximum Gasteiger partial charge on any atom is 0.226 e. The minimum atomic E-state index is -0.164. The number of halogens is 2. The van der Waals surface area contributed by atoms with Crippen LogP contribution in [0.5, 0.6) is 0 Å². The third-order valence-corrected chi connectivity index (χ3v) is 6.12. The van der Waals surface area contributed by atoms with Gasteiger partial charge in [0.25, 0.3) is 0 Å². The van der Waals surface area contributed by atoms with Crippen LogP contribution in [0, 0.1) is 11.8 Å². The van der Waals surface area contributed by atoms with Gasteiger partial charge in [-0.05, 0) is 56.2 Å². The Bertz CT molecular complexity index is 680. The zero-order valence-electron chi connectivity index (χ0n) is 15.1. The highest BCUT2D eigenvalue weighted by molar-refractivity contribution is 6.35. The van der Waals surface area contributed by atoms with Crippen LogP contribution in [0.15, 0.2) is 18.2 Å². The van der Waals surface area contributed by atoms with Gasteiger partial charge >= 0.3 is 0 Å². The van der Waals surface area contributed by atoms with Crippen molar-refractivity contribution in [1.29, 1.82) is 0 Å². The molecular formula is C20H26Cl2N2O2. The van der Waals surface area contributed by atoms with E-state index in [-0.39, 0.29) is 23.7 Å². The first-order valence-corrected chi connectivity index (χ1v) is 10.3. The summed E-state index contributed by atoms with van der Waals surface area (Å²) in [4.78, 5) is 27.1. The largest absolute Gasteiger partial charge is 0.356 e. The molecule has 0 bridgehead atoms. The van der Waals surface area contributed by atoms with E-state index in [4.69, 9.17) is 23.2 Å². The summed E-state index contributed by atoms with van der Waals surface area (Å²) in [5.74, 6) is -0.125. The summed E-state index contributed by atoms with van der Waals surface area (Å²) in [7, 11) is 0. The van der Waals surface area contributed by atoms with Gasteiger partial charge in [0.1, 0.15) is 0 Å². The summed E-state index contributed by atoms with van der Waals surface area (Å²) in [6.07, 6.45) is 5.69. The maximum absolute atomic E-state index is 12.7. The first-order chi connectivity index (χ1) is 12.5. The summed E-state index contributed by atoms with van der Waals surface area (Å²) < 4.78 is 0. The molecule has 142 valence electrons. The van der Waals surface area contributed by atoms with Gasteiger partial charge in [0.15, 0.2) is 0 Å². The molecule has 1 aromatic carbocycles. The van der Waals surface area contributed by atoms with Crippen LogP contribution < -0.4 is 5.32 Å². The van der Waals surface area contributed by atoms with E-state index in [9.17, 15) is 9.59 Å². The van der Waals surface area contributed by atoms with Gasteiger partial charge in [-0.15, -0.1) is 0 Å². The number of carbonyl (C=O) groups is 2. The number of hydrogen-bond acceptors (Lipinski definition) is 2. The van der Waals surface area contributed by atoms with Crippen molar-refractivity contribution in [3.8, 4) is 0 Å². The summed E-state index contributed by atoms with van der Waals surface area (Å²) in [5.41, 5.74) is 0.957. The fourth-order valence-corrected chi connectivity index (χ4v) is 4.36. The molecule has 1 heterocycles. The van der Waals surface area contributed by atoms with Crippen LogP contribution >= 0.6 is 23.2 Å². The van der Waals surface area contributed by atoms with Crippen LogP contribution in [0.25, 0.3) is 0 Å². The number of nitrogens with one attached hydrogen (secondary N) is 1. The molecule has 4 nitrogen and oxygen atoms in total. The molecule has 6 heteroatoms. The highest BCUT2D eigenvalue weighted by Crippen LogP contribution is 2.41. The Labute approximate surface area is 165 Å². The molecule has 1 aliphatic heterocycles. The van der Waals surface area contributed by atoms with Crippen molar-refractivity contribution in [2.45, 2.75) is 51.5 Å². The first kappa shape index (κ1) is 19.5. The molecule has 0 radical (unpaired) electrons. The summed E-state index contributed by atoms with van der Waals surface area (Å²) in [6.45, 7) is 3.49. The Morgan fingerprint density at radius 2 is 2.04 bits per heavy atom. The quantitative estimate of drug-likeness (QED) is 0.787. The van der Waals surface area contributed by atoms with E-state index in [1.54, 1.807) is 12.1 Å². The molecule has 1 saturated carbocycles. The number of rotatable bonds is 6. The van der Waals surface area contributed by atoms with Crippen molar-refractivity contribution in [3.63, 3.8) is 0 Å². The summed E-state index contributed by atoms with van der Waals surface area (Å²) >= 11 is 12.0. The van der Waals surface area contributed by atoms with Gasteiger partial charge in [-0.25, -0.2) is 0 Å². The van der Waals surface area contributed by atoms with Crippen LogP contribution in [0.1, 0.15) is 44.6 Å². The van der Waals surface area contributed by atoms with Crippen molar-refractivity contribution in [1.82, 2.24) is 10.2 Å². The Morgan fingerprint density at radius 3 is 2.77 bits per heavy atom. The number of amides is 2. The monoisotopic (exact) mass is 396 g/mol. The molecule has 3 rings (SSSR count).